The van der Waals surface area contributed by atoms with Crippen LogP contribution in [-0.2, 0) is 4.79 Å². The molecule has 1 amide bonds. The largest absolute Gasteiger partial charge is 0.409 e. The summed E-state index contributed by atoms with van der Waals surface area (Å²) in [5, 5.41) is 14.6. The van der Waals surface area contributed by atoms with Crippen molar-refractivity contribution in [3.63, 3.8) is 0 Å². The number of amidine groups is 1. The minimum absolute atomic E-state index is 0.00495. The highest BCUT2D eigenvalue weighted by Crippen LogP contribution is 2.19. The van der Waals surface area contributed by atoms with Crippen molar-refractivity contribution in [2.75, 3.05) is 5.32 Å². The molecule has 0 aromatic heterocycles. The molecule has 110 valence electrons. The number of benzene rings is 1. The number of carbonyl (C=O) groups excluding carboxylic acids is 1. The second-order valence-corrected chi connectivity index (χ2v) is 4.79. The third-order valence-electron chi connectivity index (χ3n) is 3.21. The number of nitrogens with one attached hydrogen (secondary N) is 1. The van der Waals surface area contributed by atoms with Crippen LogP contribution >= 0.6 is 0 Å². The molecule has 0 fully saturated rings. The molecule has 0 radical (unpaired) electrons. The van der Waals surface area contributed by atoms with Gasteiger partial charge in [-0.2, -0.15) is 0 Å². The number of hydrogen-bond acceptors (Lipinski definition) is 3. The fraction of sp³-hybridized carbons (Fsp3) is 0.467. The highest BCUT2D eigenvalue weighted by Gasteiger charge is 2.18. The van der Waals surface area contributed by atoms with Gasteiger partial charge in [-0.1, -0.05) is 44.0 Å². The third-order valence-corrected chi connectivity index (χ3v) is 3.21. The predicted octanol–water partition coefficient (Wildman–Crippen LogP) is 2.94. The number of carbonyl (C=O) groups is 1. The molecular weight excluding hydrogens is 254 g/mol. The lowest BCUT2D eigenvalue weighted by Gasteiger charge is -2.16. The van der Waals surface area contributed by atoms with Crippen molar-refractivity contribution in [3.8, 4) is 0 Å². The van der Waals surface area contributed by atoms with Crippen LogP contribution < -0.4 is 11.1 Å². The van der Waals surface area contributed by atoms with E-state index in [1.807, 2.05) is 0 Å². The van der Waals surface area contributed by atoms with Crippen molar-refractivity contribution in [1.82, 2.24) is 0 Å². The van der Waals surface area contributed by atoms with Crippen LogP contribution in [0.3, 0.4) is 0 Å². The first-order valence-corrected chi connectivity index (χ1v) is 7.01. The SMILES string of the molecule is CCCC(CCC)C(=O)Nc1ccccc1/C(N)=N/O. The highest BCUT2D eigenvalue weighted by molar-refractivity contribution is 6.05. The maximum atomic E-state index is 12.3. The Morgan fingerprint density at radius 1 is 1.30 bits per heavy atom. The molecular formula is C15H23N3O2. The molecule has 4 N–H and O–H groups in total. The van der Waals surface area contributed by atoms with Crippen LogP contribution in [0.25, 0.3) is 0 Å². The molecule has 0 aliphatic heterocycles. The molecule has 5 nitrogen and oxygen atoms in total. The quantitative estimate of drug-likeness (QED) is 0.310. The Balaban J connectivity index is 2.89. The van der Waals surface area contributed by atoms with Gasteiger partial charge in [0, 0.05) is 11.5 Å². The molecule has 20 heavy (non-hydrogen) atoms. The van der Waals surface area contributed by atoms with Crippen LogP contribution in [0.2, 0.25) is 0 Å². The minimum atomic E-state index is -0.0107. The highest BCUT2D eigenvalue weighted by atomic mass is 16.4. The fourth-order valence-corrected chi connectivity index (χ4v) is 2.21. The van der Waals surface area contributed by atoms with E-state index in [1.165, 1.54) is 0 Å². The Morgan fingerprint density at radius 2 is 1.90 bits per heavy atom. The van der Waals surface area contributed by atoms with Crippen LogP contribution in [0, 0.1) is 5.92 Å². The average molecular weight is 277 g/mol. The van der Waals surface area contributed by atoms with Gasteiger partial charge in [-0.3, -0.25) is 4.79 Å². The Labute approximate surface area is 119 Å². The van der Waals surface area contributed by atoms with Gasteiger partial charge in [0.05, 0.1) is 5.69 Å². The molecule has 0 saturated carbocycles. The van der Waals surface area contributed by atoms with E-state index in [0.29, 0.717) is 11.3 Å². The molecule has 0 atom stereocenters. The Kier molecular flexibility index (Phi) is 6.56. The van der Waals surface area contributed by atoms with Gasteiger partial charge in [0.2, 0.25) is 5.91 Å². The van der Waals surface area contributed by atoms with Crippen LogP contribution in [0.1, 0.15) is 45.1 Å². The monoisotopic (exact) mass is 277 g/mol. The van der Waals surface area contributed by atoms with Crippen molar-refractivity contribution in [2.45, 2.75) is 39.5 Å². The minimum Gasteiger partial charge on any atom is -0.409 e. The van der Waals surface area contributed by atoms with Crippen molar-refractivity contribution in [3.05, 3.63) is 29.8 Å². The van der Waals surface area contributed by atoms with E-state index in [2.05, 4.69) is 24.3 Å². The van der Waals surface area contributed by atoms with Gasteiger partial charge < -0.3 is 16.3 Å². The van der Waals surface area contributed by atoms with Gasteiger partial charge in [0.15, 0.2) is 5.84 Å². The summed E-state index contributed by atoms with van der Waals surface area (Å²) in [5.74, 6) is -0.0133. The predicted molar refractivity (Wildman–Crippen MR) is 80.9 cm³/mol. The van der Waals surface area contributed by atoms with E-state index < -0.39 is 0 Å². The summed E-state index contributed by atoms with van der Waals surface area (Å²) >= 11 is 0. The molecule has 0 bridgehead atoms. The van der Waals surface area contributed by atoms with Gasteiger partial charge in [-0.15, -0.1) is 0 Å². The Hall–Kier alpha value is -2.04. The average Bonchev–Trinajstić information content (AvgIpc) is 2.46. The number of hydrogen-bond donors (Lipinski definition) is 3. The van der Waals surface area contributed by atoms with Gasteiger partial charge in [0.1, 0.15) is 0 Å². The Bertz CT molecular complexity index is 466. The number of amides is 1. The summed E-state index contributed by atoms with van der Waals surface area (Å²) in [7, 11) is 0. The maximum Gasteiger partial charge on any atom is 0.227 e. The molecule has 0 heterocycles. The lowest BCUT2D eigenvalue weighted by Crippen LogP contribution is -2.25. The van der Waals surface area contributed by atoms with E-state index in [-0.39, 0.29) is 17.7 Å². The van der Waals surface area contributed by atoms with Gasteiger partial charge >= 0.3 is 0 Å². The second-order valence-electron chi connectivity index (χ2n) is 4.79. The third kappa shape index (κ3) is 4.26. The van der Waals surface area contributed by atoms with E-state index in [4.69, 9.17) is 10.9 Å². The molecule has 0 spiro atoms. The molecule has 0 saturated heterocycles. The zero-order valence-corrected chi connectivity index (χ0v) is 12.1. The number of oxime groups is 1. The lowest BCUT2D eigenvalue weighted by atomic mass is 9.97. The Morgan fingerprint density at radius 3 is 2.45 bits per heavy atom. The van der Waals surface area contributed by atoms with Crippen molar-refractivity contribution in [2.24, 2.45) is 16.8 Å². The van der Waals surface area contributed by atoms with Crippen molar-refractivity contribution < 1.29 is 10.0 Å². The second kappa shape index (κ2) is 8.19. The molecule has 1 aromatic carbocycles. The van der Waals surface area contributed by atoms with Crippen LogP contribution in [-0.4, -0.2) is 17.0 Å². The molecule has 0 aliphatic carbocycles. The summed E-state index contributed by atoms with van der Waals surface area (Å²) in [4.78, 5) is 12.3. The first-order valence-electron chi connectivity index (χ1n) is 7.01. The van der Waals surface area contributed by atoms with Gasteiger partial charge in [0.25, 0.3) is 0 Å². The van der Waals surface area contributed by atoms with Gasteiger partial charge in [-0.25, -0.2) is 0 Å². The molecule has 0 unspecified atom stereocenters. The number of para-hydroxylation sites is 1. The number of rotatable bonds is 7. The first kappa shape index (κ1) is 16.0. The maximum absolute atomic E-state index is 12.3. The topological polar surface area (TPSA) is 87.7 Å². The van der Waals surface area contributed by atoms with E-state index >= 15 is 0 Å². The first-order chi connectivity index (χ1) is 9.63. The summed E-state index contributed by atoms with van der Waals surface area (Å²) in [5.41, 5.74) is 6.71. The fourth-order valence-electron chi connectivity index (χ4n) is 2.21. The summed E-state index contributed by atoms with van der Waals surface area (Å²) in [6.07, 6.45) is 3.68. The van der Waals surface area contributed by atoms with E-state index in [9.17, 15) is 4.79 Å². The molecule has 0 aliphatic rings. The van der Waals surface area contributed by atoms with Crippen molar-refractivity contribution >= 4 is 17.4 Å². The number of nitrogens with zero attached hydrogens (tertiary/aromatic N) is 1. The van der Waals surface area contributed by atoms with E-state index in [1.54, 1.807) is 24.3 Å². The zero-order valence-electron chi connectivity index (χ0n) is 12.1. The smallest absolute Gasteiger partial charge is 0.227 e. The number of anilines is 1. The van der Waals surface area contributed by atoms with Crippen LogP contribution in [0.15, 0.2) is 29.4 Å². The van der Waals surface area contributed by atoms with Crippen LogP contribution in [0.5, 0.6) is 0 Å². The van der Waals surface area contributed by atoms with E-state index in [0.717, 1.165) is 25.7 Å². The van der Waals surface area contributed by atoms with Crippen molar-refractivity contribution in [1.29, 1.82) is 0 Å². The summed E-state index contributed by atoms with van der Waals surface area (Å²) in [6.45, 7) is 4.14. The summed E-state index contributed by atoms with van der Waals surface area (Å²) < 4.78 is 0. The normalized spacial score (nSPS) is 11.7. The lowest BCUT2D eigenvalue weighted by molar-refractivity contribution is -0.120. The van der Waals surface area contributed by atoms with Crippen LogP contribution in [0.4, 0.5) is 5.69 Å². The van der Waals surface area contributed by atoms with Gasteiger partial charge in [-0.05, 0) is 25.0 Å². The molecule has 1 rings (SSSR count). The molecule has 1 aromatic rings. The zero-order chi connectivity index (χ0) is 15.0. The summed E-state index contributed by atoms with van der Waals surface area (Å²) in [6, 6.07) is 7.04. The standard InChI is InChI=1S/C15H23N3O2/c1-3-7-11(8-4-2)15(19)17-13-10-6-5-9-12(13)14(16)18-20/h5-6,9-11,20H,3-4,7-8H2,1-2H3,(H2,16,18)(H,17,19). The number of nitrogens with two attached hydrogens (primary N) is 1. The molecule has 5 heteroatoms.